The van der Waals surface area contributed by atoms with Gasteiger partial charge in [-0.3, -0.25) is 9.48 Å². The molecule has 1 spiro atoms. The monoisotopic (exact) mass is 364 g/mol. The predicted molar refractivity (Wildman–Crippen MR) is 98.7 cm³/mol. The number of carbonyl (C=O) groups is 1. The van der Waals surface area contributed by atoms with Crippen molar-refractivity contribution in [3.63, 3.8) is 0 Å². The maximum absolute atomic E-state index is 12.6. The Morgan fingerprint density at radius 1 is 1.35 bits per heavy atom. The Kier molecular flexibility index (Phi) is 5.69. The molecule has 1 aromatic rings. The molecule has 2 atom stereocenters. The van der Waals surface area contributed by atoms with Gasteiger partial charge in [0, 0.05) is 50.1 Å². The number of aliphatic hydroxyl groups is 1. The molecule has 1 amide bonds. The Balaban J connectivity index is 1.51. The van der Waals surface area contributed by atoms with Crippen LogP contribution in [0.2, 0.25) is 0 Å². The van der Waals surface area contributed by atoms with Crippen LogP contribution in [0.25, 0.3) is 0 Å². The molecular weight excluding hydrogens is 332 g/mol. The molecule has 7 nitrogen and oxygen atoms in total. The topological polar surface area (TPSA) is 93.6 Å². The Labute approximate surface area is 155 Å². The van der Waals surface area contributed by atoms with Crippen LogP contribution in [0.4, 0.5) is 0 Å². The lowest BCUT2D eigenvalue weighted by molar-refractivity contribution is -0.210. The molecule has 2 fully saturated rings. The van der Waals surface area contributed by atoms with Gasteiger partial charge in [-0.15, -0.1) is 0 Å². The third kappa shape index (κ3) is 3.40. The van der Waals surface area contributed by atoms with E-state index in [4.69, 9.17) is 10.5 Å². The average Bonchev–Trinajstić information content (AvgIpc) is 2.90. The molecule has 3 rings (SSSR count). The van der Waals surface area contributed by atoms with Gasteiger partial charge < -0.3 is 20.5 Å². The van der Waals surface area contributed by atoms with Crippen molar-refractivity contribution in [2.45, 2.75) is 65.2 Å². The molecular formula is C19H32N4O3. The number of amides is 1. The Morgan fingerprint density at radius 2 is 2.04 bits per heavy atom. The van der Waals surface area contributed by atoms with Gasteiger partial charge in [0.05, 0.1) is 24.5 Å². The van der Waals surface area contributed by atoms with Crippen molar-refractivity contribution in [2.75, 3.05) is 26.2 Å². The minimum atomic E-state index is -0.319. The summed E-state index contributed by atoms with van der Waals surface area (Å²) in [5.41, 5.74) is 8.69. The van der Waals surface area contributed by atoms with Crippen LogP contribution in [0.1, 0.15) is 42.6 Å². The van der Waals surface area contributed by atoms with E-state index in [1.54, 1.807) is 0 Å². The molecule has 2 unspecified atom stereocenters. The molecule has 0 radical (unpaired) electrons. The van der Waals surface area contributed by atoms with Gasteiger partial charge in [0.15, 0.2) is 0 Å². The van der Waals surface area contributed by atoms with Crippen LogP contribution >= 0.6 is 0 Å². The van der Waals surface area contributed by atoms with Gasteiger partial charge in [0.1, 0.15) is 0 Å². The van der Waals surface area contributed by atoms with Crippen molar-refractivity contribution in [1.29, 1.82) is 0 Å². The largest absolute Gasteiger partial charge is 0.392 e. The first-order valence-electron chi connectivity index (χ1n) is 9.67. The maximum Gasteiger partial charge on any atom is 0.224 e. The molecule has 1 aliphatic carbocycles. The number of nitrogens with two attached hydrogens (primary N) is 1. The molecule has 2 aliphatic rings. The first kappa shape index (κ1) is 19.3. The highest BCUT2D eigenvalue weighted by molar-refractivity contribution is 5.76. The van der Waals surface area contributed by atoms with Gasteiger partial charge in [-0.25, -0.2) is 0 Å². The van der Waals surface area contributed by atoms with E-state index in [9.17, 15) is 9.90 Å². The molecule has 2 heterocycles. The molecule has 1 aliphatic heterocycles. The van der Waals surface area contributed by atoms with E-state index < -0.39 is 0 Å². The molecule has 0 bridgehead atoms. The number of aliphatic hydroxyl groups excluding tert-OH is 1. The van der Waals surface area contributed by atoms with E-state index in [1.165, 1.54) is 5.56 Å². The van der Waals surface area contributed by atoms with Crippen molar-refractivity contribution < 1.29 is 14.6 Å². The van der Waals surface area contributed by atoms with Gasteiger partial charge in [-0.1, -0.05) is 0 Å². The molecule has 1 aromatic heterocycles. The first-order chi connectivity index (χ1) is 12.4. The van der Waals surface area contributed by atoms with Gasteiger partial charge in [0.2, 0.25) is 5.91 Å². The Morgan fingerprint density at radius 3 is 2.58 bits per heavy atom. The smallest absolute Gasteiger partial charge is 0.224 e. The number of hydrogen-bond acceptors (Lipinski definition) is 5. The maximum atomic E-state index is 12.6. The summed E-state index contributed by atoms with van der Waals surface area (Å²) in [7, 11) is 0. The average molecular weight is 364 g/mol. The molecule has 0 aromatic carbocycles. The minimum absolute atomic E-state index is 0.0796. The zero-order valence-electron chi connectivity index (χ0n) is 16.2. The number of hydrogen-bond donors (Lipinski definition) is 2. The van der Waals surface area contributed by atoms with E-state index in [0.717, 1.165) is 24.2 Å². The fraction of sp³-hybridized carbons (Fsp3) is 0.789. The third-order valence-electron chi connectivity index (χ3n) is 6.51. The standard InChI is InChI=1S/C19H32N4O3/c1-13-14(2)21-23(15(13)3)8-4-18(25)22-9-5-19(6-10-22)16(24)12-17(19)26-11-7-20/h16-17,24H,4-12,20H2,1-3H3. The molecule has 3 N–H and O–H groups in total. The SMILES string of the molecule is Cc1nn(CCC(=O)N2CCC3(CC2)C(O)CC3OCCN)c(C)c1C. The predicted octanol–water partition coefficient (Wildman–Crippen LogP) is 0.916. The molecule has 1 saturated carbocycles. The van der Waals surface area contributed by atoms with Gasteiger partial charge >= 0.3 is 0 Å². The zero-order chi connectivity index (χ0) is 18.9. The van der Waals surface area contributed by atoms with Gasteiger partial charge in [0.25, 0.3) is 0 Å². The Bertz CT molecular complexity index is 649. The summed E-state index contributed by atoms with van der Waals surface area (Å²) in [6, 6.07) is 0. The lowest BCUT2D eigenvalue weighted by Crippen LogP contribution is -2.63. The number of piperidine rings is 1. The van der Waals surface area contributed by atoms with Crippen molar-refractivity contribution in [3.05, 3.63) is 17.0 Å². The highest BCUT2D eigenvalue weighted by atomic mass is 16.5. The van der Waals surface area contributed by atoms with E-state index >= 15 is 0 Å². The van der Waals surface area contributed by atoms with E-state index in [0.29, 0.717) is 45.6 Å². The number of aryl methyl sites for hydroxylation is 2. The molecule has 7 heteroatoms. The zero-order valence-corrected chi connectivity index (χ0v) is 16.2. The fourth-order valence-corrected chi connectivity index (χ4v) is 4.36. The lowest BCUT2D eigenvalue weighted by Gasteiger charge is -2.56. The molecule has 146 valence electrons. The normalized spacial score (nSPS) is 24.7. The highest BCUT2D eigenvalue weighted by Gasteiger charge is 2.56. The second-order valence-electron chi connectivity index (χ2n) is 7.78. The van der Waals surface area contributed by atoms with E-state index in [-0.39, 0.29) is 23.5 Å². The van der Waals surface area contributed by atoms with Gasteiger partial charge in [-0.05, 0) is 39.2 Å². The van der Waals surface area contributed by atoms with Crippen LogP contribution in [-0.2, 0) is 16.1 Å². The summed E-state index contributed by atoms with van der Waals surface area (Å²) >= 11 is 0. The second kappa shape index (κ2) is 7.66. The third-order valence-corrected chi connectivity index (χ3v) is 6.51. The number of rotatable bonds is 6. The first-order valence-corrected chi connectivity index (χ1v) is 9.67. The van der Waals surface area contributed by atoms with Crippen LogP contribution < -0.4 is 5.73 Å². The minimum Gasteiger partial charge on any atom is -0.392 e. The van der Waals surface area contributed by atoms with Crippen LogP contribution in [0.5, 0.6) is 0 Å². The quantitative estimate of drug-likeness (QED) is 0.783. The van der Waals surface area contributed by atoms with E-state index in [1.807, 2.05) is 23.4 Å². The van der Waals surface area contributed by atoms with Crippen molar-refractivity contribution >= 4 is 5.91 Å². The van der Waals surface area contributed by atoms with Crippen LogP contribution in [0.15, 0.2) is 0 Å². The fourth-order valence-electron chi connectivity index (χ4n) is 4.36. The van der Waals surface area contributed by atoms with Crippen LogP contribution in [-0.4, -0.2) is 64.1 Å². The second-order valence-corrected chi connectivity index (χ2v) is 7.78. The number of carbonyl (C=O) groups excluding carboxylic acids is 1. The lowest BCUT2D eigenvalue weighted by atomic mass is 9.58. The van der Waals surface area contributed by atoms with Crippen LogP contribution in [0, 0.1) is 26.2 Å². The van der Waals surface area contributed by atoms with Crippen molar-refractivity contribution in [3.8, 4) is 0 Å². The van der Waals surface area contributed by atoms with Gasteiger partial charge in [-0.2, -0.15) is 5.10 Å². The van der Waals surface area contributed by atoms with Crippen LogP contribution in [0.3, 0.4) is 0 Å². The molecule has 1 saturated heterocycles. The Hall–Kier alpha value is -1.44. The number of ether oxygens (including phenoxy) is 1. The van der Waals surface area contributed by atoms with Crippen molar-refractivity contribution in [1.82, 2.24) is 14.7 Å². The number of aromatic nitrogens is 2. The summed E-state index contributed by atoms with van der Waals surface area (Å²) in [6.45, 7) is 9.13. The summed E-state index contributed by atoms with van der Waals surface area (Å²) in [4.78, 5) is 14.5. The number of nitrogens with zero attached hydrogens (tertiary/aromatic N) is 3. The van der Waals surface area contributed by atoms with Crippen molar-refractivity contribution in [2.24, 2.45) is 11.1 Å². The summed E-state index contributed by atoms with van der Waals surface area (Å²) < 4.78 is 7.75. The van der Waals surface area contributed by atoms with E-state index in [2.05, 4.69) is 12.0 Å². The molecule has 26 heavy (non-hydrogen) atoms. The number of likely N-dealkylation sites (tertiary alicyclic amines) is 1. The highest BCUT2D eigenvalue weighted by Crippen LogP contribution is 2.50. The summed E-state index contributed by atoms with van der Waals surface area (Å²) in [5, 5.41) is 14.8. The summed E-state index contributed by atoms with van der Waals surface area (Å²) in [5.74, 6) is 0.165. The summed E-state index contributed by atoms with van der Waals surface area (Å²) in [6.07, 6.45) is 2.51.